The molecule has 2 N–H and O–H groups in total. The summed E-state index contributed by atoms with van der Waals surface area (Å²) in [4.78, 5) is 10.7. The quantitative estimate of drug-likeness (QED) is 0.816. The third-order valence-electron chi connectivity index (χ3n) is 3.58. The predicted molar refractivity (Wildman–Crippen MR) is 88.7 cm³/mol. The molecule has 0 fully saturated rings. The minimum Gasteiger partial charge on any atom is -0.481 e. The smallest absolute Gasteiger partial charge is 0.303 e. The zero-order valence-electron chi connectivity index (χ0n) is 12.8. The van der Waals surface area contributed by atoms with E-state index in [4.69, 9.17) is 5.11 Å². The summed E-state index contributed by atoms with van der Waals surface area (Å²) in [7, 11) is -2.04. The van der Waals surface area contributed by atoms with Crippen LogP contribution in [0.2, 0.25) is 0 Å². The highest BCUT2D eigenvalue weighted by Crippen LogP contribution is 2.22. The summed E-state index contributed by atoms with van der Waals surface area (Å²) in [6.07, 6.45) is 1.51. The fourth-order valence-electron chi connectivity index (χ4n) is 2.25. The van der Waals surface area contributed by atoms with E-state index < -0.39 is 16.0 Å². The summed E-state index contributed by atoms with van der Waals surface area (Å²) in [6, 6.07) is 14.5. The molecule has 0 aliphatic carbocycles. The van der Waals surface area contributed by atoms with Gasteiger partial charge in [0.25, 0.3) is 0 Å². The first-order valence-corrected chi connectivity index (χ1v) is 8.75. The van der Waals surface area contributed by atoms with Gasteiger partial charge in [-0.05, 0) is 48.7 Å². The molecule has 5 nitrogen and oxygen atoms in total. The Morgan fingerprint density at radius 2 is 1.52 bits per heavy atom. The molecule has 0 bridgehead atoms. The van der Waals surface area contributed by atoms with Gasteiger partial charge in [-0.25, -0.2) is 13.1 Å². The van der Waals surface area contributed by atoms with Crippen LogP contribution in [0.4, 0.5) is 0 Å². The van der Waals surface area contributed by atoms with Gasteiger partial charge in [0.2, 0.25) is 10.0 Å². The summed E-state index contributed by atoms with van der Waals surface area (Å²) < 4.78 is 25.7. The normalized spacial score (nSPS) is 11.3. The summed E-state index contributed by atoms with van der Waals surface area (Å²) in [5, 5.41) is 8.63. The van der Waals surface area contributed by atoms with Crippen molar-refractivity contribution in [1.82, 2.24) is 4.72 Å². The minimum absolute atomic E-state index is 0.170. The number of nitrogens with one attached hydrogen (secondary N) is 1. The van der Waals surface area contributed by atoms with E-state index >= 15 is 0 Å². The highest BCUT2D eigenvalue weighted by Gasteiger charge is 2.10. The first-order valence-electron chi connectivity index (χ1n) is 7.27. The van der Waals surface area contributed by atoms with Gasteiger partial charge in [-0.3, -0.25) is 4.79 Å². The lowest BCUT2D eigenvalue weighted by atomic mass is 10.0. The number of carboxylic acids is 1. The number of benzene rings is 2. The van der Waals surface area contributed by atoms with Crippen molar-refractivity contribution in [2.24, 2.45) is 0 Å². The molecule has 2 rings (SSSR count). The largest absolute Gasteiger partial charge is 0.481 e. The number of sulfonamides is 1. The molecule has 0 aromatic heterocycles. The first kappa shape index (κ1) is 17.2. The van der Waals surface area contributed by atoms with Crippen LogP contribution >= 0.6 is 0 Å². The molecule has 122 valence electrons. The lowest BCUT2D eigenvalue weighted by molar-refractivity contribution is -0.137. The van der Waals surface area contributed by atoms with Gasteiger partial charge in [0.15, 0.2) is 0 Å². The maximum Gasteiger partial charge on any atom is 0.303 e. The van der Waals surface area contributed by atoms with Crippen molar-refractivity contribution in [3.63, 3.8) is 0 Å². The third kappa shape index (κ3) is 4.64. The van der Waals surface area contributed by atoms with Crippen LogP contribution in [-0.4, -0.2) is 26.5 Å². The van der Waals surface area contributed by atoms with Gasteiger partial charge in [0.1, 0.15) is 0 Å². The molecular weight excluding hydrogens is 314 g/mol. The van der Waals surface area contributed by atoms with Crippen molar-refractivity contribution in [2.45, 2.75) is 24.2 Å². The summed E-state index contributed by atoms with van der Waals surface area (Å²) >= 11 is 0. The van der Waals surface area contributed by atoms with E-state index in [9.17, 15) is 13.2 Å². The van der Waals surface area contributed by atoms with E-state index in [1.54, 1.807) is 24.3 Å². The van der Waals surface area contributed by atoms with Crippen molar-refractivity contribution in [3.8, 4) is 11.1 Å². The molecule has 0 saturated carbocycles. The highest BCUT2D eigenvalue weighted by atomic mass is 32.2. The number of aryl methyl sites for hydroxylation is 1. The molecule has 0 heterocycles. The van der Waals surface area contributed by atoms with Gasteiger partial charge in [-0.1, -0.05) is 36.4 Å². The Morgan fingerprint density at radius 1 is 1.00 bits per heavy atom. The van der Waals surface area contributed by atoms with E-state index in [1.165, 1.54) is 7.05 Å². The Morgan fingerprint density at radius 3 is 2.00 bits per heavy atom. The second-order valence-corrected chi connectivity index (χ2v) is 7.06. The Balaban J connectivity index is 2.09. The van der Waals surface area contributed by atoms with Gasteiger partial charge >= 0.3 is 5.97 Å². The van der Waals surface area contributed by atoms with Gasteiger partial charge in [0.05, 0.1) is 4.90 Å². The molecule has 23 heavy (non-hydrogen) atoms. The molecule has 6 heteroatoms. The van der Waals surface area contributed by atoms with E-state index in [-0.39, 0.29) is 11.3 Å². The molecule has 0 saturated heterocycles. The van der Waals surface area contributed by atoms with Crippen molar-refractivity contribution in [2.75, 3.05) is 7.05 Å². The molecule has 0 atom stereocenters. The monoisotopic (exact) mass is 333 g/mol. The standard InChI is InChI=1S/C17H19NO4S/c1-18-23(21,22)16-11-9-15(10-12-16)14-7-5-13(6-8-14)3-2-4-17(19)20/h5-12,18H,2-4H2,1H3,(H,19,20). The van der Waals surface area contributed by atoms with Crippen molar-refractivity contribution in [1.29, 1.82) is 0 Å². The molecule has 0 aliphatic rings. The lowest BCUT2D eigenvalue weighted by Crippen LogP contribution is -2.18. The van der Waals surface area contributed by atoms with Gasteiger partial charge in [-0.15, -0.1) is 0 Å². The van der Waals surface area contributed by atoms with Crippen LogP contribution in [0.15, 0.2) is 53.4 Å². The number of hydrogen-bond acceptors (Lipinski definition) is 3. The van der Waals surface area contributed by atoms with Crippen LogP contribution in [0.3, 0.4) is 0 Å². The Labute approximate surface area is 136 Å². The fourth-order valence-corrected chi connectivity index (χ4v) is 2.98. The number of hydrogen-bond donors (Lipinski definition) is 2. The van der Waals surface area contributed by atoms with E-state index in [0.29, 0.717) is 6.42 Å². The SMILES string of the molecule is CNS(=O)(=O)c1ccc(-c2ccc(CCCC(=O)O)cc2)cc1. The fraction of sp³-hybridized carbons (Fsp3) is 0.235. The maximum atomic E-state index is 11.7. The van der Waals surface area contributed by atoms with Gasteiger partial charge in [-0.2, -0.15) is 0 Å². The van der Waals surface area contributed by atoms with Gasteiger partial charge in [0, 0.05) is 6.42 Å². The molecule has 2 aromatic carbocycles. The third-order valence-corrected chi connectivity index (χ3v) is 5.01. The van der Waals surface area contributed by atoms with Crippen molar-refractivity contribution in [3.05, 3.63) is 54.1 Å². The summed E-state index contributed by atoms with van der Waals surface area (Å²) in [6.45, 7) is 0. The Bertz CT molecular complexity index is 765. The predicted octanol–water partition coefficient (Wildman–Crippen LogP) is 2.67. The number of rotatable bonds is 7. The maximum absolute atomic E-state index is 11.7. The Hall–Kier alpha value is -2.18. The molecular formula is C17H19NO4S. The molecule has 0 unspecified atom stereocenters. The summed E-state index contributed by atoms with van der Waals surface area (Å²) in [5.41, 5.74) is 3.00. The van der Waals surface area contributed by atoms with E-state index in [0.717, 1.165) is 23.1 Å². The highest BCUT2D eigenvalue weighted by molar-refractivity contribution is 7.89. The first-order chi connectivity index (χ1) is 10.9. The van der Waals surface area contributed by atoms with Crippen LogP contribution in [0.1, 0.15) is 18.4 Å². The topological polar surface area (TPSA) is 83.5 Å². The van der Waals surface area contributed by atoms with Crippen LogP contribution in [0.25, 0.3) is 11.1 Å². The molecule has 2 aromatic rings. The van der Waals surface area contributed by atoms with Crippen LogP contribution in [0, 0.1) is 0 Å². The lowest BCUT2D eigenvalue weighted by Gasteiger charge is -2.06. The van der Waals surface area contributed by atoms with Crippen LogP contribution in [-0.2, 0) is 21.2 Å². The zero-order valence-corrected chi connectivity index (χ0v) is 13.6. The zero-order chi connectivity index (χ0) is 16.9. The van der Waals surface area contributed by atoms with E-state index in [2.05, 4.69) is 4.72 Å². The molecule has 0 amide bonds. The summed E-state index contributed by atoms with van der Waals surface area (Å²) in [5.74, 6) is -0.779. The Kier molecular flexibility index (Phi) is 5.52. The van der Waals surface area contributed by atoms with Crippen LogP contribution in [0.5, 0.6) is 0 Å². The second-order valence-electron chi connectivity index (χ2n) is 5.18. The van der Waals surface area contributed by atoms with Crippen molar-refractivity contribution < 1.29 is 18.3 Å². The minimum atomic E-state index is -3.42. The molecule has 0 radical (unpaired) electrons. The van der Waals surface area contributed by atoms with Gasteiger partial charge < -0.3 is 5.11 Å². The van der Waals surface area contributed by atoms with E-state index in [1.807, 2.05) is 24.3 Å². The van der Waals surface area contributed by atoms with Crippen molar-refractivity contribution >= 4 is 16.0 Å². The second kappa shape index (κ2) is 7.39. The molecule has 0 spiro atoms. The van der Waals surface area contributed by atoms with Crippen LogP contribution < -0.4 is 4.72 Å². The number of carbonyl (C=O) groups is 1. The number of carboxylic acid groups (broad SMARTS) is 1. The number of aliphatic carboxylic acids is 1. The molecule has 0 aliphatic heterocycles. The average Bonchev–Trinajstić information content (AvgIpc) is 2.55. The average molecular weight is 333 g/mol.